The van der Waals surface area contributed by atoms with Crippen molar-refractivity contribution < 1.29 is 22.0 Å². The molecule has 1 saturated heterocycles. The van der Waals surface area contributed by atoms with Crippen LogP contribution in [-0.2, 0) is 10.0 Å². The molecule has 0 radical (unpaired) electrons. The Hall–Kier alpha value is -2.62. The molecule has 0 atom stereocenters. The van der Waals surface area contributed by atoms with Crippen LogP contribution in [0, 0.1) is 18.6 Å². The van der Waals surface area contributed by atoms with Crippen LogP contribution in [0.2, 0.25) is 0 Å². The van der Waals surface area contributed by atoms with Crippen molar-refractivity contribution in [2.45, 2.75) is 11.8 Å². The van der Waals surface area contributed by atoms with Crippen LogP contribution in [0.4, 0.5) is 8.78 Å². The van der Waals surface area contributed by atoms with Crippen LogP contribution >= 0.6 is 11.3 Å². The topological polar surface area (TPSA) is 57.7 Å². The first-order chi connectivity index (χ1) is 14.8. The predicted octanol–water partition coefficient (Wildman–Crippen LogP) is 4.15. The van der Waals surface area contributed by atoms with Crippen LogP contribution in [0.5, 0.6) is 0 Å². The molecule has 4 rings (SSSR count). The molecule has 31 heavy (non-hydrogen) atoms. The Morgan fingerprint density at radius 1 is 0.935 bits per heavy atom. The summed E-state index contributed by atoms with van der Waals surface area (Å²) in [7, 11) is -3.97. The number of sulfonamides is 1. The van der Waals surface area contributed by atoms with E-state index in [4.69, 9.17) is 0 Å². The van der Waals surface area contributed by atoms with Gasteiger partial charge in [0.25, 0.3) is 5.91 Å². The molecule has 162 valence electrons. The van der Waals surface area contributed by atoms with Crippen molar-refractivity contribution in [1.29, 1.82) is 0 Å². The van der Waals surface area contributed by atoms with E-state index in [9.17, 15) is 22.0 Å². The van der Waals surface area contributed by atoms with Gasteiger partial charge < -0.3 is 4.90 Å². The van der Waals surface area contributed by atoms with Gasteiger partial charge in [-0.2, -0.15) is 4.31 Å². The smallest absolute Gasteiger partial charge is 0.264 e. The van der Waals surface area contributed by atoms with E-state index in [0.717, 1.165) is 28.8 Å². The van der Waals surface area contributed by atoms with Gasteiger partial charge in [0.05, 0.1) is 9.77 Å². The Balaban J connectivity index is 1.48. The summed E-state index contributed by atoms with van der Waals surface area (Å²) < 4.78 is 53.4. The Bertz CT molecular complexity index is 1220. The van der Waals surface area contributed by atoms with Crippen molar-refractivity contribution in [2.75, 3.05) is 26.2 Å². The number of hydrogen-bond donors (Lipinski definition) is 0. The van der Waals surface area contributed by atoms with Gasteiger partial charge in [0.2, 0.25) is 10.0 Å². The lowest BCUT2D eigenvalue weighted by molar-refractivity contribution is 0.0703. The summed E-state index contributed by atoms with van der Waals surface area (Å²) >= 11 is 1.36. The number of piperazine rings is 1. The Kier molecular flexibility index (Phi) is 5.92. The number of thiophene rings is 1. The monoisotopic (exact) mass is 462 g/mol. The molecule has 1 fully saturated rings. The number of carbonyl (C=O) groups is 1. The molecule has 5 nitrogen and oxygen atoms in total. The SMILES string of the molecule is Cc1ccc(-c2ccsc2C(=O)N2CCN(S(=O)(=O)c3ccc(F)c(F)c3)CC2)cc1. The summed E-state index contributed by atoms with van der Waals surface area (Å²) in [5.41, 5.74) is 2.94. The first-order valence-corrected chi connectivity index (χ1v) is 12.0. The van der Waals surface area contributed by atoms with Crippen LogP contribution in [0.15, 0.2) is 58.8 Å². The van der Waals surface area contributed by atoms with E-state index in [1.54, 1.807) is 4.90 Å². The van der Waals surface area contributed by atoms with Gasteiger partial charge >= 0.3 is 0 Å². The Morgan fingerprint density at radius 2 is 1.61 bits per heavy atom. The number of aryl methyl sites for hydroxylation is 1. The van der Waals surface area contributed by atoms with Gasteiger partial charge in [-0.1, -0.05) is 29.8 Å². The summed E-state index contributed by atoms with van der Waals surface area (Å²) in [4.78, 5) is 15.0. The van der Waals surface area contributed by atoms with Crippen molar-refractivity contribution in [3.8, 4) is 11.1 Å². The first-order valence-electron chi connectivity index (χ1n) is 9.66. The zero-order valence-corrected chi connectivity index (χ0v) is 18.3. The van der Waals surface area contributed by atoms with E-state index in [2.05, 4.69) is 0 Å². The molecule has 2 heterocycles. The third-order valence-electron chi connectivity index (χ3n) is 5.28. The Morgan fingerprint density at radius 3 is 2.26 bits per heavy atom. The molecule has 0 saturated carbocycles. The van der Waals surface area contributed by atoms with Gasteiger partial charge in [0.15, 0.2) is 11.6 Å². The Labute approximate surface area is 183 Å². The van der Waals surface area contributed by atoms with Crippen molar-refractivity contribution >= 4 is 27.3 Å². The van der Waals surface area contributed by atoms with E-state index in [1.165, 1.54) is 15.6 Å². The lowest BCUT2D eigenvalue weighted by atomic mass is 10.0. The van der Waals surface area contributed by atoms with Crippen LogP contribution in [0.3, 0.4) is 0 Å². The summed E-state index contributed by atoms with van der Waals surface area (Å²) in [5, 5.41) is 1.87. The van der Waals surface area contributed by atoms with Gasteiger partial charge in [0, 0.05) is 31.7 Å². The van der Waals surface area contributed by atoms with Gasteiger partial charge in [-0.25, -0.2) is 17.2 Å². The fraction of sp³-hybridized carbons (Fsp3) is 0.227. The fourth-order valence-electron chi connectivity index (χ4n) is 3.50. The number of halogens is 2. The minimum absolute atomic E-state index is 0.0817. The van der Waals surface area contributed by atoms with Crippen LogP contribution in [0.1, 0.15) is 15.2 Å². The summed E-state index contributed by atoms with van der Waals surface area (Å²) in [6.45, 7) is 2.59. The summed E-state index contributed by atoms with van der Waals surface area (Å²) in [6, 6.07) is 12.4. The lowest BCUT2D eigenvalue weighted by Gasteiger charge is -2.34. The maximum Gasteiger partial charge on any atom is 0.264 e. The van der Waals surface area contributed by atoms with E-state index >= 15 is 0 Å². The minimum atomic E-state index is -3.97. The predicted molar refractivity (Wildman–Crippen MR) is 116 cm³/mol. The van der Waals surface area contributed by atoms with Crippen LogP contribution in [-0.4, -0.2) is 49.7 Å². The molecule has 0 unspecified atom stereocenters. The van der Waals surface area contributed by atoms with Gasteiger partial charge in [-0.05, 0) is 42.1 Å². The quantitative estimate of drug-likeness (QED) is 0.585. The van der Waals surface area contributed by atoms with E-state index < -0.39 is 21.7 Å². The molecule has 1 aliphatic rings. The average molecular weight is 463 g/mol. The highest BCUT2D eigenvalue weighted by Gasteiger charge is 2.32. The summed E-state index contributed by atoms with van der Waals surface area (Å²) in [6.07, 6.45) is 0. The molecule has 3 aromatic rings. The average Bonchev–Trinajstić information content (AvgIpc) is 3.25. The maximum absolute atomic E-state index is 13.5. The number of hydrogen-bond acceptors (Lipinski definition) is 4. The molecule has 0 N–H and O–H groups in total. The molecule has 1 aliphatic heterocycles. The van der Waals surface area contributed by atoms with E-state index in [-0.39, 0.29) is 37.0 Å². The first kappa shape index (κ1) is 21.6. The van der Waals surface area contributed by atoms with Crippen molar-refractivity contribution in [3.05, 3.63) is 76.0 Å². The van der Waals surface area contributed by atoms with Gasteiger partial charge in [0.1, 0.15) is 0 Å². The van der Waals surface area contributed by atoms with Crippen LogP contribution < -0.4 is 0 Å². The molecule has 2 aromatic carbocycles. The highest BCUT2D eigenvalue weighted by atomic mass is 32.2. The third kappa shape index (κ3) is 4.26. The standard InChI is InChI=1S/C22H20F2N2O3S2/c1-15-2-4-16(5-3-15)18-8-13-30-21(18)22(27)25-9-11-26(12-10-25)31(28,29)17-6-7-19(23)20(24)14-17/h2-8,13-14H,9-12H2,1H3. The second kappa shape index (κ2) is 8.49. The number of rotatable bonds is 4. The molecule has 1 aromatic heterocycles. The summed E-state index contributed by atoms with van der Waals surface area (Å²) in [5.74, 6) is -2.46. The molecule has 0 aliphatic carbocycles. The molecular weight excluding hydrogens is 442 g/mol. The van der Waals surface area contributed by atoms with Gasteiger partial charge in [-0.3, -0.25) is 4.79 Å². The number of amides is 1. The lowest BCUT2D eigenvalue weighted by Crippen LogP contribution is -2.50. The van der Waals surface area contributed by atoms with Crippen LogP contribution in [0.25, 0.3) is 11.1 Å². The molecule has 9 heteroatoms. The number of benzene rings is 2. The fourth-order valence-corrected chi connectivity index (χ4v) is 5.81. The number of nitrogens with zero attached hydrogens (tertiary/aromatic N) is 2. The normalized spacial score (nSPS) is 15.3. The third-order valence-corrected chi connectivity index (χ3v) is 8.07. The zero-order chi connectivity index (χ0) is 22.2. The minimum Gasteiger partial charge on any atom is -0.335 e. The maximum atomic E-state index is 13.5. The molecular formula is C22H20F2N2O3S2. The van der Waals surface area contributed by atoms with E-state index in [0.29, 0.717) is 10.9 Å². The molecule has 0 bridgehead atoms. The second-order valence-electron chi connectivity index (χ2n) is 7.30. The molecule has 0 spiro atoms. The van der Waals surface area contributed by atoms with Crippen molar-refractivity contribution in [2.24, 2.45) is 0 Å². The zero-order valence-electron chi connectivity index (χ0n) is 16.7. The largest absolute Gasteiger partial charge is 0.335 e. The highest BCUT2D eigenvalue weighted by molar-refractivity contribution is 7.89. The highest BCUT2D eigenvalue weighted by Crippen LogP contribution is 2.30. The second-order valence-corrected chi connectivity index (χ2v) is 10.2. The van der Waals surface area contributed by atoms with E-state index in [1.807, 2.05) is 42.6 Å². The molecule has 1 amide bonds. The number of carbonyl (C=O) groups excluding carboxylic acids is 1. The van der Waals surface area contributed by atoms with Crippen molar-refractivity contribution in [1.82, 2.24) is 9.21 Å². The van der Waals surface area contributed by atoms with Gasteiger partial charge in [-0.15, -0.1) is 11.3 Å². The van der Waals surface area contributed by atoms with Crippen molar-refractivity contribution in [3.63, 3.8) is 0 Å².